The summed E-state index contributed by atoms with van der Waals surface area (Å²) in [4.78, 5) is 34.6. The number of anilines is 1. The van der Waals surface area contributed by atoms with Gasteiger partial charge in [-0.2, -0.15) is 0 Å². The predicted molar refractivity (Wildman–Crippen MR) is 105 cm³/mol. The van der Waals surface area contributed by atoms with Gasteiger partial charge in [-0.05, 0) is 42.5 Å². The van der Waals surface area contributed by atoms with E-state index >= 15 is 0 Å². The molecule has 2 aromatic carbocycles. The molecule has 4 N–H and O–H groups in total. The number of ether oxygens (including phenoxy) is 2. The van der Waals surface area contributed by atoms with Crippen LogP contribution in [0.15, 0.2) is 48.5 Å². The van der Waals surface area contributed by atoms with Crippen molar-refractivity contribution in [1.82, 2.24) is 5.32 Å². The highest BCUT2D eigenvalue weighted by molar-refractivity contribution is 6.02. The zero-order valence-corrected chi connectivity index (χ0v) is 15.5. The number of primary amides is 1. The summed E-state index contributed by atoms with van der Waals surface area (Å²) in [5, 5.41) is 5.07. The average molecular weight is 383 g/mol. The van der Waals surface area contributed by atoms with E-state index in [4.69, 9.17) is 15.2 Å². The van der Waals surface area contributed by atoms with E-state index in [1.165, 1.54) is 25.3 Å². The molecule has 0 aliphatic rings. The van der Waals surface area contributed by atoms with Crippen LogP contribution in [0.5, 0.6) is 11.5 Å². The van der Waals surface area contributed by atoms with Crippen molar-refractivity contribution < 1.29 is 23.9 Å². The summed E-state index contributed by atoms with van der Waals surface area (Å²) in [6, 6.07) is 11.5. The van der Waals surface area contributed by atoms with E-state index in [0.29, 0.717) is 22.7 Å². The molecule has 0 unspecified atom stereocenters. The van der Waals surface area contributed by atoms with Crippen molar-refractivity contribution >= 4 is 29.5 Å². The van der Waals surface area contributed by atoms with Crippen molar-refractivity contribution in [2.75, 3.05) is 26.1 Å². The largest absolute Gasteiger partial charge is 0.497 e. The molecule has 28 heavy (non-hydrogen) atoms. The number of hydrogen-bond donors (Lipinski definition) is 3. The maximum absolute atomic E-state index is 12.1. The molecule has 3 amide bonds. The van der Waals surface area contributed by atoms with Gasteiger partial charge in [0, 0.05) is 29.0 Å². The zero-order chi connectivity index (χ0) is 20.5. The first kappa shape index (κ1) is 20.5. The monoisotopic (exact) mass is 383 g/mol. The maximum Gasteiger partial charge on any atom is 0.251 e. The predicted octanol–water partition coefficient (Wildman–Crippen LogP) is 1.57. The lowest BCUT2D eigenvalue weighted by atomic mass is 10.1. The molecule has 0 atom stereocenters. The Hall–Kier alpha value is -3.81. The number of carbonyl (C=O) groups excluding carboxylic acids is 3. The lowest BCUT2D eigenvalue weighted by Gasteiger charge is -2.07. The number of amides is 3. The van der Waals surface area contributed by atoms with Crippen molar-refractivity contribution in [3.05, 3.63) is 59.7 Å². The highest BCUT2D eigenvalue weighted by atomic mass is 16.5. The maximum atomic E-state index is 12.1. The van der Waals surface area contributed by atoms with Gasteiger partial charge in [0.1, 0.15) is 11.5 Å². The molecule has 0 aliphatic carbocycles. The average Bonchev–Trinajstić information content (AvgIpc) is 2.70. The normalized spacial score (nSPS) is 10.4. The fourth-order valence-electron chi connectivity index (χ4n) is 2.28. The van der Waals surface area contributed by atoms with Crippen LogP contribution in [0.4, 0.5) is 5.69 Å². The first-order valence-corrected chi connectivity index (χ1v) is 8.30. The molecule has 2 aromatic rings. The Balaban J connectivity index is 1.98. The smallest absolute Gasteiger partial charge is 0.251 e. The third kappa shape index (κ3) is 5.87. The Morgan fingerprint density at radius 1 is 1.04 bits per heavy atom. The molecule has 8 nitrogen and oxygen atoms in total. The fraction of sp³-hybridized carbons (Fsp3) is 0.150. The van der Waals surface area contributed by atoms with Gasteiger partial charge in [-0.1, -0.05) is 0 Å². The van der Waals surface area contributed by atoms with Gasteiger partial charge in [-0.3, -0.25) is 14.4 Å². The van der Waals surface area contributed by atoms with Crippen LogP contribution in [0.1, 0.15) is 15.9 Å². The molecule has 0 spiro atoms. The summed E-state index contributed by atoms with van der Waals surface area (Å²) in [7, 11) is 3.09. The van der Waals surface area contributed by atoms with Crippen LogP contribution < -0.4 is 25.8 Å². The SMILES string of the molecule is COc1ccc(/C=C/C(=O)Nc2ccc(C(=O)NCC(N)=O)cc2)c(OC)c1. The quantitative estimate of drug-likeness (QED) is 0.598. The van der Waals surface area contributed by atoms with Crippen LogP contribution in [0.25, 0.3) is 6.08 Å². The molecule has 146 valence electrons. The zero-order valence-electron chi connectivity index (χ0n) is 15.5. The van der Waals surface area contributed by atoms with E-state index in [9.17, 15) is 14.4 Å². The summed E-state index contributed by atoms with van der Waals surface area (Å²) in [6.45, 7) is -0.239. The standard InChI is InChI=1S/C20H21N3O5/c1-27-16-9-5-13(17(11-16)28-2)6-10-19(25)23-15-7-3-14(4-8-15)20(26)22-12-18(21)24/h3-11H,12H2,1-2H3,(H2,21,24)(H,22,26)(H,23,25)/b10-6+. The molecule has 0 fully saturated rings. The molecule has 0 aliphatic heterocycles. The molecular formula is C20H21N3O5. The first-order chi connectivity index (χ1) is 13.4. The van der Waals surface area contributed by atoms with Crippen LogP contribution in [0.3, 0.4) is 0 Å². The summed E-state index contributed by atoms with van der Waals surface area (Å²) >= 11 is 0. The highest BCUT2D eigenvalue weighted by Crippen LogP contribution is 2.25. The molecule has 0 saturated carbocycles. The van der Waals surface area contributed by atoms with Crippen LogP contribution in [-0.4, -0.2) is 38.5 Å². The second-order valence-electron chi connectivity index (χ2n) is 5.66. The number of rotatable bonds is 8. The summed E-state index contributed by atoms with van der Waals surface area (Å²) < 4.78 is 10.4. The Labute approximate surface area is 162 Å². The fourth-order valence-corrected chi connectivity index (χ4v) is 2.28. The van der Waals surface area contributed by atoms with Crippen LogP contribution in [0.2, 0.25) is 0 Å². The molecule has 0 bridgehead atoms. The van der Waals surface area contributed by atoms with Crippen molar-refractivity contribution in [1.29, 1.82) is 0 Å². The van der Waals surface area contributed by atoms with Crippen LogP contribution in [0, 0.1) is 0 Å². The number of benzene rings is 2. The van der Waals surface area contributed by atoms with E-state index < -0.39 is 11.8 Å². The lowest BCUT2D eigenvalue weighted by molar-refractivity contribution is -0.117. The number of nitrogens with one attached hydrogen (secondary N) is 2. The van der Waals surface area contributed by atoms with Gasteiger partial charge in [0.05, 0.1) is 20.8 Å². The molecule has 0 aromatic heterocycles. The molecular weight excluding hydrogens is 362 g/mol. The molecule has 8 heteroatoms. The second-order valence-corrected chi connectivity index (χ2v) is 5.66. The van der Waals surface area contributed by atoms with Crippen LogP contribution in [-0.2, 0) is 9.59 Å². The third-order valence-corrected chi connectivity index (χ3v) is 3.69. The molecule has 0 heterocycles. The summed E-state index contributed by atoms with van der Waals surface area (Å²) in [5.74, 6) is -0.169. The Morgan fingerprint density at radius 2 is 1.75 bits per heavy atom. The van der Waals surface area contributed by atoms with Gasteiger partial charge < -0.3 is 25.8 Å². The number of methoxy groups -OCH3 is 2. The number of hydrogen-bond acceptors (Lipinski definition) is 5. The minimum absolute atomic E-state index is 0.239. The highest BCUT2D eigenvalue weighted by Gasteiger charge is 2.07. The first-order valence-electron chi connectivity index (χ1n) is 8.30. The van der Waals surface area contributed by atoms with Crippen molar-refractivity contribution in [3.8, 4) is 11.5 Å². The van der Waals surface area contributed by atoms with Gasteiger partial charge in [0.2, 0.25) is 11.8 Å². The van der Waals surface area contributed by atoms with Gasteiger partial charge >= 0.3 is 0 Å². The van der Waals surface area contributed by atoms with Gasteiger partial charge in [-0.15, -0.1) is 0 Å². The van der Waals surface area contributed by atoms with Gasteiger partial charge in [0.15, 0.2) is 0 Å². The number of nitrogens with two attached hydrogens (primary N) is 1. The van der Waals surface area contributed by atoms with E-state index in [1.54, 1.807) is 43.5 Å². The van der Waals surface area contributed by atoms with Gasteiger partial charge in [0.25, 0.3) is 5.91 Å². The Morgan fingerprint density at radius 3 is 2.36 bits per heavy atom. The van der Waals surface area contributed by atoms with Crippen molar-refractivity contribution in [2.45, 2.75) is 0 Å². The van der Waals surface area contributed by atoms with Crippen molar-refractivity contribution in [3.63, 3.8) is 0 Å². The second kappa shape index (κ2) is 9.77. The van der Waals surface area contributed by atoms with E-state index in [1.807, 2.05) is 0 Å². The minimum Gasteiger partial charge on any atom is -0.497 e. The molecule has 0 saturated heterocycles. The minimum atomic E-state index is -0.627. The third-order valence-electron chi connectivity index (χ3n) is 3.69. The topological polar surface area (TPSA) is 120 Å². The van der Waals surface area contributed by atoms with Crippen LogP contribution >= 0.6 is 0 Å². The van der Waals surface area contributed by atoms with E-state index in [2.05, 4.69) is 10.6 Å². The molecule has 2 rings (SSSR count). The van der Waals surface area contributed by atoms with E-state index in [0.717, 1.165) is 5.56 Å². The summed E-state index contributed by atoms with van der Waals surface area (Å²) in [6.07, 6.45) is 3.00. The number of carbonyl (C=O) groups is 3. The lowest BCUT2D eigenvalue weighted by Crippen LogP contribution is -2.33. The van der Waals surface area contributed by atoms with Gasteiger partial charge in [-0.25, -0.2) is 0 Å². The van der Waals surface area contributed by atoms with E-state index in [-0.39, 0.29) is 12.5 Å². The molecule has 0 radical (unpaired) electrons. The summed E-state index contributed by atoms with van der Waals surface area (Å²) in [5.41, 5.74) is 6.56. The Bertz CT molecular complexity index is 891. The Kier molecular flexibility index (Phi) is 7.15. The van der Waals surface area contributed by atoms with Crippen molar-refractivity contribution in [2.24, 2.45) is 5.73 Å².